The molecule has 0 heterocycles. The summed E-state index contributed by atoms with van der Waals surface area (Å²) in [5, 5.41) is 0. The second kappa shape index (κ2) is 5.89. The lowest BCUT2D eigenvalue weighted by Gasteiger charge is -2.56. The second-order valence-corrected chi connectivity index (χ2v) is 6.35. The quantitative estimate of drug-likeness (QED) is 0.819. The SMILES string of the molecule is CCOC1CC(CN)(N(C)C2CCCCC2C)C1. The molecule has 0 aromatic rings. The number of nitrogens with two attached hydrogens (primary N) is 1. The van der Waals surface area contributed by atoms with Crippen molar-refractivity contribution in [3.8, 4) is 0 Å². The maximum absolute atomic E-state index is 6.08. The summed E-state index contributed by atoms with van der Waals surface area (Å²) in [6, 6.07) is 0.727. The van der Waals surface area contributed by atoms with Gasteiger partial charge >= 0.3 is 0 Å². The van der Waals surface area contributed by atoms with Crippen LogP contribution in [-0.2, 0) is 4.74 Å². The van der Waals surface area contributed by atoms with Gasteiger partial charge in [-0.25, -0.2) is 0 Å². The molecule has 0 bridgehead atoms. The van der Waals surface area contributed by atoms with Crippen molar-refractivity contribution in [1.82, 2.24) is 4.90 Å². The van der Waals surface area contributed by atoms with Gasteiger partial charge in [-0.05, 0) is 45.6 Å². The smallest absolute Gasteiger partial charge is 0.0611 e. The van der Waals surface area contributed by atoms with Gasteiger partial charge in [0.2, 0.25) is 0 Å². The zero-order valence-electron chi connectivity index (χ0n) is 12.3. The molecular formula is C15H30N2O. The van der Waals surface area contributed by atoms with Crippen LogP contribution in [0.15, 0.2) is 0 Å². The summed E-state index contributed by atoms with van der Waals surface area (Å²) >= 11 is 0. The van der Waals surface area contributed by atoms with E-state index in [0.29, 0.717) is 6.10 Å². The first kappa shape index (κ1) is 14.3. The fourth-order valence-electron chi connectivity index (χ4n) is 3.96. The molecule has 2 N–H and O–H groups in total. The summed E-state index contributed by atoms with van der Waals surface area (Å²) in [4.78, 5) is 2.60. The van der Waals surface area contributed by atoms with Crippen molar-refractivity contribution >= 4 is 0 Å². The Kier molecular flexibility index (Phi) is 4.68. The Morgan fingerprint density at radius 2 is 1.94 bits per heavy atom. The van der Waals surface area contributed by atoms with Crippen LogP contribution in [0.1, 0.15) is 52.4 Å². The van der Waals surface area contributed by atoms with Crippen LogP contribution < -0.4 is 5.73 Å². The van der Waals surface area contributed by atoms with Crippen molar-refractivity contribution in [1.29, 1.82) is 0 Å². The Hall–Kier alpha value is -0.120. The molecule has 0 saturated heterocycles. The number of ether oxygens (including phenoxy) is 1. The molecule has 0 aliphatic heterocycles. The molecular weight excluding hydrogens is 224 g/mol. The van der Waals surface area contributed by atoms with E-state index in [1.165, 1.54) is 25.7 Å². The molecule has 2 aliphatic rings. The Morgan fingerprint density at radius 1 is 1.28 bits per heavy atom. The van der Waals surface area contributed by atoms with Crippen LogP contribution >= 0.6 is 0 Å². The summed E-state index contributed by atoms with van der Waals surface area (Å²) < 4.78 is 5.72. The van der Waals surface area contributed by atoms with Crippen LogP contribution in [0.25, 0.3) is 0 Å². The first-order chi connectivity index (χ1) is 8.63. The largest absolute Gasteiger partial charge is 0.378 e. The van der Waals surface area contributed by atoms with Crippen LogP contribution in [-0.4, -0.2) is 42.8 Å². The summed E-state index contributed by atoms with van der Waals surface area (Å²) in [5.41, 5.74) is 6.30. The molecule has 0 radical (unpaired) electrons. The summed E-state index contributed by atoms with van der Waals surface area (Å²) in [6.07, 6.45) is 8.20. The number of hydrogen-bond acceptors (Lipinski definition) is 3. The van der Waals surface area contributed by atoms with Gasteiger partial charge < -0.3 is 10.5 Å². The number of rotatable bonds is 5. The van der Waals surface area contributed by atoms with E-state index in [-0.39, 0.29) is 5.54 Å². The first-order valence-electron chi connectivity index (χ1n) is 7.67. The average molecular weight is 254 g/mol. The monoisotopic (exact) mass is 254 g/mol. The van der Waals surface area contributed by atoms with Crippen LogP contribution in [0.5, 0.6) is 0 Å². The van der Waals surface area contributed by atoms with Gasteiger partial charge in [0.05, 0.1) is 6.10 Å². The lowest BCUT2D eigenvalue weighted by Crippen LogP contribution is -2.66. The predicted octanol–water partition coefficient (Wildman–Crippen LogP) is 2.39. The minimum absolute atomic E-state index is 0.218. The van der Waals surface area contributed by atoms with Gasteiger partial charge in [-0.1, -0.05) is 19.8 Å². The third-order valence-electron chi connectivity index (χ3n) is 5.31. The normalized spacial score (nSPS) is 40.8. The molecule has 0 spiro atoms. The third kappa shape index (κ3) is 2.59. The van der Waals surface area contributed by atoms with Crippen molar-refractivity contribution in [2.24, 2.45) is 11.7 Å². The van der Waals surface area contributed by atoms with E-state index >= 15 is 0 Å². The first-order valence-corrected chi connectivity index (χ1v) is 7.67. The van der Waals surface area contributed by atoms with Crippen LogP contribution in [0.2, 0.25) is 0 Å². The molecule has 0 aromatic carbocycles. The van der Waals surface area contributed by atoms with Crippen molar-refractivity contribution < 1.29 is 4.74 Å². The topological polar surface area (TPSA) is 38.5 Å². The predicted molar refractivity (Wildman–Crippen MR) is 75.6 cm³/mol. The van der Waals surface area contributed by atoms with E-state index in [0.717, 1.165) is 38.0 Å². The molecule has 18 heavy (non-hydrogen) atoms. The molecule has 2 fully saturated rings. The van der Waals surface area contributed by atoms with Crippen molar-refractivity contribution in [3.05, 3.63) is 0 Å². The Balaban J connectivity index is 1.96. The fraction of sp³-hybridized carbons (Fsp3) is 1.00. The minimum Gasteiger partial charge on any atom is -0.378 e. The summed E-state index contributed by atoms with van der Waals surface area (Å²) in [7, 11) is 2.29. The molecule has 0 amide bonds. The van der Waals surface area contributed by atoms with Crippen LogP contribution in [0.4, 0.5) is 0 Å². The number of hydrogen-bond donors (Lipinski definition) is 1. The number of likely N-dealkylation sites (N-methyl/N-ethyl adjacent to an activating group) is 1. The molecule has 2 atom stereocenters. The minimum atomic E-state index is 0.218. The van der Waals surface area contributed by atoms with Crippen molar-refractivity contribution in [2.45, 2.75) is 70.1 Å². The molecule has 2 aliphatic carbocycles. The summed E-state index contributed by atoms with van der Waals surface area (Å²) in [5.74, 6) is 0.818. The maximum atomic E-state index is 6.08. The van der Waals surface area contributed by atoms with Crippen molar-refractivity contribution in [3.63, 3.8) is 0 Å². The van der Waals surface area contributed by atoms with Crippen LogP contribution in [0, 0.1) is 5.92 Å². The van der Waals surface area contributed by atoms with E-state index in [4.69, 9.17) is 10.5 Å². The highest BCUT2D eigenvalue weighted by Gasteiger charge is 2.49. The van der Waals surface area contributed by atoms with E-state index in [9.17, 15) is 0 Å². The second-order valence-electron chi connectivity index (χ2n) is 6.35. The lowest BCUT2D eigenvalue weighted by atomic mass is 9.70. The average Bonchev–Trinajstić information content (AvgIpc) is 2.33. The van der Waals surface area contributed by atoms with Crippen molar-refractivity contribution in [2.75, 3.05) is 20.2 Å². The molecule has 2 saturated carbocycles. The Morgan fingerprint density at radius 3 is 2.50 bits per heavy atom. The van der Waals surface area contributed by atoms with Gasteiger partial charge in [0.15, 0.2) is 0 Å². The standard InChI is InChI=1S/C15H30N2O/c1-4-18-13-9-15(10-13,11-16)17(3)14-8-6-5-7-12(14)2/h12-14H,4-11,16H2,1-3H3. The molecule has 106 valence electrons. The number of nitrogens with zero attached hydrogens (tertiary/aromatic N) is 1. The van der Waals surface area contributed by atoms with Gasteiger partial charge in [-0.3, -0.25) is 4.90 Å². The van der Waals surface area contributed by atoms with Gasteiger partial charge in [-0.2, -0.15) is 0 Å². The highest BCUT2D eigenvalue weighted by Crippen LogP contribution is 2.42. The van der Waals surface area contributed by atoms with Gasteiger partial charge in [-0.15, -0.1) is 0 Å². The molecule has 3 nitrogen and oxygen atoms in total. The van der Waals surface area contributed by atoms with Gasteiger partial charge in [0.25, 0.3) is 0 Å². The van der Waals surface area contributed by atoms with E-state index in [1.807, 2.05) is 0 Å². The Bertz CT molecular complexity index is 263. The van der Waals surface area contributed by atoms with Gasteiger partial charge in [0, 0.05) is 24.7 Å². The van der Waals surface area contributed by atoms with Crippen LogP contribution in [0.3, 0.4) is 0 Å². The fourth-order valence-corrected chi connectivity index (χ4v) is 3.96. The molecule has 3 heteroatoms. The molecule has 0 aromatic heterocycles. The third-order valence-corrected chi connectivity index (χ3v) is 5.31. The molecule has 2 rings (SSSR count). The van der Waals surface area contributed by atoms with E-state index in [2.05, 4.69) is 25.8 Å². The summed E-state index contributed by atoms with van der Waals surface area (Å²) in [6.45, 7) is 6.09. The highest BCUT2D eigenvalue weighted by atomic mass is 16.5. The zero-order valence-corrected chi connectivity index (χ0v) is 12.3. The van der Waals surface area contributed by atoms with E-state index < -0.39 is 0 Å². The maximum Gasteiger partial charge on any atom is 0.0611 e. The molecule has 2 unspecified atom stereocenters. The lowest BCUT2D eigenvalue weighted by molar-refractivity contribution is -0.113. The van der Waals surface area contributed by atoms with Gasteiger partial charge in [0.1, 0.15) is 0 Å². The zero-order chi connectivity index (χ0) is 13.2. The Labute approximate surface area is 112 Å². The van der Waals surface area contributed by atoms with E-state index in [1.54, 1.807) is 0 Å². The highest BCUT2D eigenvalue weighted by molar-refractivity contribution is 5.06.